The molecule has 2 aliphatic heterocycles. The molecule has 0 aromatic heterocycles. The van der Waals surface area contributed by atoms with E-state index in [4.69, 9.17) is 0 Å². The summed E-state index contributed by atoms with van der Waals surface area (Å²) in [5.41, 5.74) is 2.30. The number of para-hydroxylation sites is 2. The van der Waals surface area contributed by atoms with E-state index in [1.807, 2.05) is 41.0 Å². The lowest BCUT2D eigenvalue weighted by molar-refractivity contribution is -0.384. The van der Waals surface area contributed by atoms with Crippen molar-refractivity contribution in [2.75, 3.05) is 54.4 Å². The molecule has 2 amide bonds. The molecule has 0 saturated carbocycles. The van der Waals surface area contributed by atoms with Gasteiger partial charge in [0.2, 0.25) is 5.91 Å². The number of carbonyl (C=O) groups is 2. The van der Waals surface area contributed by atoms with Gasteiger partial charge >= 0.3 is 0 Å². The summed E-state index contributed by atoms with van der Waals surface area (Å²) in [4.78, 5) is 42.4. The van der Waals surface area contributed by atoms with Crippen molar-refractivity contribution in [2.45, 2.75) is 32.6 Å². The van der Waals surface area contributed by atoms with Gasteiger partial charge in [-0.05, 0) is 43.5 Å². The van der Waals surface area contributed by atoms with Crippen molar-refractivity contribution in [3.05, 3.63) is 58.1 Å². The highest BCUT2D eigenvalue weighted by atomic mass is 16.6. The van der Waals surface area contributed by atoms with Crippen LogP contribution in [0.4, 0.5) is 22.7 Å². The maximum atomic E-state index is 13.1. The Bertz CT molecular complexity index is 1060. The van der Waals surface area contributed by atoms with Crippen molar-refractivity contribution in [2.24, 2.45) is 0 Å². The molecule has 0 spiro atoms. The SMILES string of the molecule is CCC(=O)N1CCN(c2ccccc2NC(=O)c2ccc(N3CCCCC3)c([N+](=O)[O-])c2)CC1. The molecular formula is C25H31N5O4. The second-order valence-electron chi connectivity index (χ2n) is 8.70. The summed E-state index contributed by atoms with van der Waals surface area (Å²) in [7, 11) is 0. The van der Waals surface area contributed by atoms with E-state index >= 15 is 0 Å². The third-order valence-electron chi connectivity index (χ3n) is 6.56. The van der Waals surface area contributed by atoms with Crippen LogP contribution < -0.4 is 15.1 Å². The van der Waals surface area contributed by atoms with Gasteiger partial charge in [-0.25, -0.2) is 0 Å². The first kappa shape index (κ1) is 23.5. The molecule has 9 nitrogen and oxygen atoms in total. The Morgan fingerprint density at radius 1 is 0.912 bits per heavy atom. The summed E-state index contributed by atoms with van der Waals surface area (Å²) in [5.74, 6) is -0.239. The van der Waals surface area contributed by atoms with Crippen molar-refractivity contribution in [3.63, 3.8) is 0 Å². The molecule has 4 rings (SSSR count). The van der Waals surface area contributed by atoms with E-state index in [1.165, 1.54) is 6.07 Å². The smallest absolute Gasteiger partial charge is 0.293 e. The summed E-state index contributed by atoms with van der Waals surface area (Å²) < 4.78 is 0. The Morgan fingerprint density at radius 3 is 2.26 bits per heavy atom. The third-order valence-corrected chi connectivity index (χ3v) is 6.56. The minimum Gasteiger partial charge on any atom is -0.366 e. The molecule has 0 aliphatic carbocycles. The van der Waals surface area contributed by atoms with Crippen LogP contribution in [0.1, 0.15) is 43.0 Å². The van der Waals surface area contributed by atoms with Gasteiger partial charge in [-0.15, -0.1) is 0 Å². The number of benzene rings is 2. The van der Waals surface area contributed by atoms with Gasteiger partial charge in [0, 0.05) is 57.3 Å². The van der Waals surface area contributed by atoms with Crippen LogP contribution in [-0.2, 0) is 4.79 Å². The molecular weight excluding hydrogens is 434 g/mol. The Kier molecular flexibility index (Phi) is 7.30. The number of nitrogens with zero attached hydrogens (tertiary/aromatic N) is 4. The van der Waals surface area contributed by atoms with Crippen LogP contribution in [0, 0.1) is 10.1 Å². The summed E-state index contributed by atoms with van der Waals surface area (Å²) >= 11 is 0. The van der Waals surface area contributed by atoms with E-state index in [0.717, 1.165) is 38.0 Å². The molecule has 180 valence electrons. The molecule has 0 bridgehead atoms. The first-order valence-corrected chi connectivity index (χ1v) is 11.9. The molecule has 0 radical (unpaired) electrons. The highest BCUT2D eigenvalue weighted by molar-refractivity contribution is 6.06. The van der Waals surface area contributed by atoms with Crippen molar-refractivity contribution >= 4 is 34.6 Å². The van der Waals surface area contributed by atoms with Gasteiger partial charge < -0.3 is 20.0 Å². The summed E-state index contributed by atoms with van der Waals surface area (Å²) in [6.07, 6.45) is 3.65. The van der Waals surface area contributed by atoms with Crippen LogP contribution in [0.25, 0.3) is 0 Å². The number of hydrogen-bond donors (Lipinski definition) is 1. The highest BCUT2D eigenvalue weighted by Gasteiger charge is 2.25. The monoisotopic (exact) mass is 465 g/mol. The minimum atomic E-state index is -0.411. The molecule has 0 atom stereocenters. The van der Waals surface area contributed by atoms with Crippen LogP contribution >= 0.6 is 0 Å². The van der Waals surface area contributed by atoms with Crippen molar-refractivity contribution in [3.8, 4) is 0 Å². The lowest BCUT2D eigenvalue weighted by atomic mass is 10.1. The van der Waals surface area contributed by atoms with Crippen LogP contribution in [0.5, 0.6) is 0 Å². The van der Waals surface area contributed by atoms with Crippen LogP contribution in [0.3, 0.4) is 0 Å². The first-order chi connectivity index (χ1) is 16.5. The lowest BCUT2D eigenvalue weighted by Crippen LogP contribution is -2.48. The fourth-order valence-electron chi connectivity index (χ4n) is 4.68. The van der Waals surface area contributed by atoms with Crippen LogP contribution in [-0.4, -0.2) is 60.9 Å². The maximum absolute atomic E-state index is 13.1. The number of carbonyl (C=O) groups excluding carboxylic acids is 2. The van der Waals surface area contributed by atoms with Crippen LogP contribution in [0.2, 0.25) is 0 Å². The van der Waals surface area contributed by atoms with E-state index in [1.54, 1.807) is 12.1 Å². The molecule has 0 unspecified atom stereocenters. The van der Waals surface area contributed by atoms with Gasteiger partial charge in [-0.3, -0.25) is 19.7 Å². The highest BCUT2D eigenvalue weighted by Crippen LogP contribution is 2.32. The van der Waals surface area contributed by atoms with E-state index in [2.05, 4.69) is 10.2 Å². The number of nitro groups is 1. The Labute approximate surface area is 199 Å². The van der Waals surface area contributed by atoms with E-state index in [9.17, 15) is 19.7 Å². The van der Waals surface area contributed by atoms with Gasteiger partial charge in [-0.2, -0.15) is 0 Å². The number of hydrogen-bond acceptors (Lipinski definition) is 6. The van der Waals surface area contributed by atoms with Crippen molar-refractivity contribution < 1.29 is 14.5 Å². The molecule has 2 fully saturated rings. The third kappa shape index (κ3) is 5.13. The number of amides is 2. The number of piperidine rings is 1. The van der Waals surface area contributed by atoms with Crippen molar-refractivity contribution in [1.29, 1.82) is 0 Å². The van der Waals surface area contributed by atoms with E-state index in [-0.39, 0.29) is 23.1 Å². The average molecular weight is 466 g/mol. The van der Waals surface area contributed by atoms with E-state index in [0.29, 0.717) is 44.0 Å². The van der Waals surface area contributed by atoms with Gasteiger partial charge in [0.05, 0.1) is 16.3 Å². The van der Waals surface area contributed by atoms with Gasteiger partial charge in [0.15, 0.2) is 0 Å². The fraction of sp³-hybridized carbons (Fsp3) is 0.440. The predicted octanol–water partition coefficient (Wildman–Crippen LogP) is 3.90. The Hall–Kier alpha value is -3.62. The fourth-order valence-corrected chi connectivity index (χ4v) is 4.68. The van der Waals surface area contributed by atoms with Gasteiger partial charge in [-0.1, -0.05) is 19.1 Å². The number of nitrogens with one attached hydrogen (secondary N) is 1. The zero-order valence-corrected chi connectivity index (χ0v) is 19.5. The van der Waals surface area contributed by atoms with Gasteiger partial charge in [0.1, 0.15) is 5.69 Å². The standard InChI is InChI=1S/C25H31N5O4/c1-2-24(31)29-16-14-28(15-17-29)21-9-5-4-8-20(21)26-25(32)19-10-11-22(23(18-19)30(33)34)27-12-6-3-7-13-27/h4-5,8-11,18H,2-3,6-7,12-17H2,1H3,(H,26,32). The molecule has 9 heteroatoms. The lowest BCUT2D eigenvalue weighted by Gasteiger charge is -2.36. The molecule has 1 N–H and O–H groups in total. The zero-order chi connectivity index (χ0) is 24.1. The summed E-state index contributed by atoms with van der Waals surface area (Å²) in [6, 6.07) is 12.2. The molecule has 2 aliphatic rings. The Balaban J connectivity index is 1.51. The minimum absolute atomic E-state index is 0.0421. The predicted molar refractivity (Wildman–Crippen MR) is 133 cm³/mol. The molecule has 2 aromatic rings. The normalized spacial score (nSPS) is 16.3. The second kappa shape index (κ2) is 10.5. The zero-order valence-electron chi connectivity index (χ0n) is 19.5. The molecule has 2 heterocycles. The van der Waals surface area contributed by atoms with E-state index < -0.39 is 4.92 Å². The number of nitro benzene ring substituents is 1. The van der Waals surface area contributed by atoms with Crippen LogP contribution in [0.15, 0.2) is 42.5 Å². The summed E-state index contributed by atoms with van der Waals surface area (Å²) in [6.45, 7) is 6.07. The summed E-state index contributed by atoms with van der Waals surface area (Å²) in [5, 5.41) is 14.7. The molecule has 2 aromatic carbocycles. The second-order valence-corrected chi connectivity index (χ2v) is 8.70. The number of piperazine rings is 1. The Morgan fingerprint density at radius 2 is 1.59 bits per heavy atom. The topological polar surface area (TPSA) is 99.0 Å². The average Bonchev–Trinajstić information content (AvgIpc) is 2.88. The quantitative estimate of drug-likeness (QED) is 0.513. The number of anilines is 3. The number of rotatable bonds is 6. The molecule has 2 saturated heterocycles. The van der Waals surface area contributed by atoms with Gasteiger partial charge in [0.25, 0.3) is 11.6 Å². The first-order valence-electron chi connectivity index (χ1n) is 11.9. The maximum Gasteiger partial charge on any atom is 0.293 e. The molecule has 34 heavy (non-hydrogen) atoms. The van der Waals surface area contributed by atoms with Crippen molar-refractivity contribution in [1.82, 2.24) is 4.90 Å². The largest absolute Gasteiger partial charge is 0.366 e.